The Morgan fingerprint density at radius 3 is 2.12 bits per heavy atom. The molecule has 3 rings (SSSR count). The summed E-state index contributed by atoms with van der Waals surface area (Å²) in [5.74, 6) is -1.38. The van der Waals surface area contributed by atoms with Gasteiger partial charge in [0.15, 0.2) is 5.78 Å². The molecule has 0 bridgehead atoms. The molecule has 0 spiro atoms. The summed E-state index contributed by atoms with van der Waals surface area (Å²) in [5.41, 5.74) is 1.85. The molecule has 176 valence electrons. The molecule has 0 aliphatic heterocycles. The lowest BCUT2D eigenvalue weighted by molar-refractivity contribution is -0.118. The highest BCUT2D eigenvalue weighted by Gasteiger charge is 2.40. The van der Waals surface area contributed by atoms with Crippen LogP contribution in [0.2, 0.25) is 0 Å². The molecule has 9 heteroatoms. The molecule has 0 saturated heterocycles. The first kappa shape index (κ1) is 25.0. The summed E-state index contributed by atoms with van der Waals surface area (Å²) < 4.78 is 28.4. The first-order valence-corrected chi connectivity index (χ1v) is 12.1. The van der Waals surface area contributed by atoms with E-state index in [2.05, 4.69) is 5.32 Å². The molecule has 3 N–H and O–H groups in total. The second kappa shape index (κ2) is 9.68. The standard InChI is InChI=1S/C25H26N4O4S/c1-25(2)12-21(29-18-6-10-20(11-7-18)34(28,31)32)24(22(30)13-25)23(17(14-26)15-27)16-4-8-19(33-3)9-5-16/h4-11,17,23,29H,12-13H2,1-3H3,(H2,28,31,32). The van der Waals surface area contributed by atoms with Crippen LogP contribution in [0.1, 0.15) is 38.2 Å². The van der Waals surface area contributed by atoms with Crippen LogP contribution in [0.15, 0.2) is 64.7 Å². The van der Waals surface area contributed by atoms with Gasteiger partial charge in [0.05, 0.1) is 24.1 Å². The molecule has 1 aliphatic carbocycles. The Morgan fingerprint density at radius 1 is 1.03 bits per heavy atom. The predicted molar refractivity (Wildman–Crippen MR) is 127 cm³/mol. The molecule has 1 aliphatic rings. The van der Waals surface area contributed by atoms with E-state index in [1.54, 1.807) is 43.5 Å². The Morgan fingerprint density at radius 2 is 1.62 bits per heavy atom. The van der Waals surface area contributed by atoms with Gasteiger partial charge in [-0.1, -0.05) is 26.0 Å². The minimum Gasteiger partial charge on any atom is -0.497 e. The minimum absolute atomic E-state index is 0.0302. The molecular weight excluding hydrogens is 452 g/mol. The smallest absolute Gasteiger partial charge is 0.238 e. The summed E-state index contributed by atoms with van der Waals surface area (Å²) in [5, 5.41) is 27.9. The number of ketones is 1. The molecule has 0 aromatic heterocycles. The van der Waals surface area contributed by atoms with Crippen molar-refractivity contribution in [2.45, 2.75) is 37.5 Å². The number of Topliss-reactive ketones (excluding diaryl/α,β-unsaturated/α-hetero) is 1. The van der Waals surface area contributed by atoms with E-state index in [-0.39, 0.29) is 22.5 Å². The number of nitriles is 2. The first-order chi connectivity index (χ1) is 16.0. The van der Waals surface area contributed by atoms with E-state index in [0.717, 1.165) is 0 Å². The van der Waals surface area contributed by atoms with Gasteiger partial charge in [0.2, 0.25) is 10.0 Å². The number of allylic oxidation sites excluding steroid dienone is 2. The van der Waals surface area contributed by atoms with Crippen molar-refractivity contribution in [2.24, 2.45) is 16.5 Å². The molecular formula is C25H26N4O4S. The van der Waals surface area contributed by atoms with Crippen LogP contribution in [0, 0.1) is 34.0 Å². The van der Waals surface area contributed by atoms with Crippen molar-refractivity contribution in [1.82, 2.24) is 0 Å². The predicted octanol–water partition coefficient (Wildman–Crippen LogP) is 3.84. The number of ether oxygens (including phenoxy) is 1. The van der Waals surface area contributed by atoms with E-state index < -0.39 is 21.9 Å². The third-order valence-corrected chi connectivity index (χ3v) is 6.72. The van der Waals surface area contributed by atoms with Crippen LogP contribution in [-0.2, 0) is 14.8 Å². The number of hydrogen-bond acceptors (Lipinski definition) is 7. The van der Waals surface area contributed by atoms with Gasteiger partial charge in [-0.15, -0.1) is 0 Å². The van der Waals surface area contributed by atoms with Crippen LogP contribution in [0.5, 0.6) is 5.75 Å². The number of rotatable bonds is 7. The highest BCUT2D eigenvalue weighted by Crippen LogP contribution is 2.44. The average Bonchev–Trinajstić information content (AvgIpc) is 2.77. The van der Waals surface area contributed by atoms with Gasteiger partial charge in [0.1, 0.15) is 11.7 Å². The van der Waals surface area contributed by atoms with Crippen LogP contribution in [0.25, 0.3) is 0 Å². The fraction of sp³-hybridized carbons (Fsp3) is 0.320. The number of methoxy groups -OCH3 is 1. The summed E-state index contributed by atoms with van der Waals surface area (Å²) in [6.45, 7) is 3.95. The summed E-state index contributed by atoms with van der Waals surface area (Å²) in [4.78, 5) is 13.4. The van der Waals surface area contributed by atoms with Gasteiger partial charge < -0.3 is 10.1 Å². The number of nitrogens with zero attached hydrogens (tertiary/aromatic N) is 2. The molecule has 8 nitrogen and oxygen atoms in total. The zero-order valence-corrected chi connectivity index (χ0v) is 20.0. The summed E-state index contributed by atoms with van der Waals surface area (Å²) in [6, 6.07) is 16.9. The topological polar surface area (TPSA) is 146 Å². The number of carbonyl (C=O) groups is 1. The van der Waals surface area contributed by atoms with Gasteiger partial charge in [-0.2, -0.15) is 10.5 Å². The number of primary sulfonamides is 1. The highest BCUT2D eigenvalue weighted by molar-refractivity contribution is 7.89. The van der Waals surface area contributed by atoms with Crippen molar-refractivity contribution in [2.75, 3.05) is 12.4 Å². The van der Waals surface area contributed by atoms with Crippen LogP contribution in [-0.4, -0.2) is 21.3 Å². The molecule has 0 amide bonds. The van der Waals surface area contributed by atoms with E-state index in [1.165, 1.54) is 12.1 Å². The van der Waals surface area contributed by atoms with Gasteiger partial charge in [0.25, 0.3) is 0 Å². The van der Waals surface area contributed by atoms with Crippen LogP contribution in [0.4, 0.5) is 5.69 Å². The maximum atomic E-state index is 13.4. The van der Waals surface area contributed by atoms with Crippen molar-refractivity contribution in [3.63, 3.8) is 0 Å². The molecule has 0 radical (unpaired) electrons. The number of nitrogens with one attached hydrogen (secondary N) is 1. The minimum atomic E-state index is -3.84. The second-order valence-electron chi connectivity index (χ2n) is 9.01. The molecule has 2 aromatic rings. The van der Waals surface area contributed by atoms with Crippen LogP contribution >= 0.6 is 0 Å². The molecule has 0 fully saturated rings. The Labute approximate surface area is 199 Å². The first-order valence-electron chi connectivity index (χ1n) is 10.6. The molecule has 2 aromatic carbocycles. The average molecular weight is 479 g/mol. The van der Waals surface area contributed by atoms with E-state index in [9.17, 15) is 23.7 Å². The lowest BCUT2D eigenvalue weighted by Gasteiger charge is -2.36. The Balaban J connectivity index is 2.16. The maximum Gasteiger partial charge on any atom is 0.238 e. The van der Waals surface area contributed by atoms with Crippen LogP contribution in [0.3, 0.4) is 0 Å². The summed E-state index contributed by atoms with van der Waals surface area (Å²) in [7, 11) is -2.30. The normalized spacial score (nSPS) is 16.5. The van der Waals surface area contributed by atoms with E-state index in [0.29, 0.717) is 34.7 Å². The van der Waals surface area contributed by atoms with Gasteiger partial charge in [-0.25, -0.2) is 13.6 Å². The van der Waals surface area contributed by atoms with Crippen molar-refractivity contribution < 1.29 is 17.9 Å². The third kappa shape index (κ3) is 5.45. The van der Waals surface area contributed by atoms with E-state index in [4.69, 9.17) is 9.88 Å². The second-order valence-corrected chi connectivity index (χ2v) is 10.6. The van der Waals surface area contributed by atoms with Crippen molar-refractivity contribution >= 4 is 21.5 Å². The molecule has 0 saturated carbocycles. The Kier molecular flexibility index (Phi) is 7.11. The number of nitrogens with two attached hydrogens (primary N) is 1. The lowest BCUT2D eigenvalue weighted by Crippen LogP contribution is -2.32. The zero-order chi connectivity index (χ0) is 25.1. The van der Waals surface area contributed by atoms with Crippen molar-refractivity contribution in [3.8, 4) is 17.9 Å². The number of benzene rings is 2. The highest BCUT2D eigenvalue weighted by atomic mass is 32.2. The molecule has 0 heterocycles. The summed E-state index contributed by atoms with van der Waals surface area (Å²) >= 11 is 0. The van der Waals surface area contributed by atoms with Crippen molar-refractivity contribution in [3.05, 3.63) is 65.4 Å². The Bertz CT molecular complexity index is 1280. The number of sulfonamides is 1. The monoisotopic (exact) mass is 478 g/mol. The largest absolute Gasteiger partial charge is 0.497 e. The van der Waals surface area contributed by atoms with E-state index >= 15 is 0 Å². The molecule has 1 unspecified atom stereocenters. The van der Waals surface area contributed by atoms with Crippen LogP contribution < -0.4 is 15.2 Å². The van der Waals surface area contributed by atoms with Gasteiger partial charge >= 0.3 is 0 Å². The Hall–Kier alpha value is -3.66. The van der Waals surface area contributed by atoms with E-state index in [1.807, 2.05) is 26.0 Å². The lowest BCUT2D eigenvalue weighted by atomic mass is 9.69. The van der Waals surface area contributed by atoms with Gasteiger partial charge in [-0.05, 0) is 53.8 Å². The molecule has 1 atom stereocenters. The number of carbonyl (C=O) groups excluding carboxylic acids is 1. The van der Waals surface area contributed by atoms with Gasteiger partial charge in [0, 0.05) is 29.3 Å². The maximum absolute atomic E-state index is 13.4. The fourth-order valence-corrected chi connectivity index (χ4v) is 4.74. The number of anilines is 1. The number of hydrogen-bond donors (Lipinski definition) is 2. The van der Waals surface area contributed by atoms with Gasteiger partial charge in [-0.3, -0.25) is 4.79 Å². The summed E-state index contributed by atoms with van der Waals surface area (Å²) in [6.07, 6.45) is 0.773. The quantitative estimate of drug-likeness (QED) is 0.614. The molecule has 34 heavy (non-hydrogen) atoms. The SMILES string of the molecule is COc1ccc(C(C2=C(Nc3ccc(S(N)(=O)=O)cc3)CC(C)(C)CC2=O)C(C#N)C#N)cc1. The zero-order valence-electron chi connectivity index (χ0n) is 19.2. The van der Waals surface area contributed by atoms with Crippen molar-refractivity contribution in [1.29, 1.82) is 10.5 Å². The third-order valence-electron chi connectivity index (χ3n) is 5.80. The fourth-order valence-electron chi connectivity index (χ4n) is 4.22.